The van der Waals surface area contributed by atoms with Gasteiger partial charge in [0.2, 0.25) is 11.8 Å². The topological polar surface area (TPSA) is 80.9 Å². The van der Waals surface area contributed by atoms with Crippen molar-refractivity contribution in [3.05, 3.63) is 5.89 Å². The summed E-state index contributed by atoms with van der Waals surface area (Å²) in [6.07, 6.45) is -0.161. The highest BCUT2D eigenvalue weighted by Crippen LogP contribution is 2.25. The normalized spacial score (nSPS) is 21.0. The number of anilines is 1. The van der Waals surface area contributed by atoms with Crippen LogP contribution in [-0.4, -0.2) is 73.1 Å². The number of likely N-dealkylation sites (N-methyl/N-ethyl adjacent to an activating group) is 1. The summed E-state index contributed by atoms with van der Waals surface area (Å²) in [5.41, 5.74) is -0.361. The van der Waals surface area contributed by atoms with Crippen molar-refractivity contribution >= 4 is 11.9 Å². The predicted molar refractivity (Wildman–Crippen MR) is 79.7 cm³/mol. The molecule has 1 aliphatic rings. The minimum Gasteiger partial charge on any atom is -0.408 e. The van der Waals surface area contributed by atoms with E-state index in [4.69, 9.17) is 13.9 Å². The van der Waals surface area contributed by atoms with Crippen molar-refractivity contribution in [1.82, 2.24) is 15.1 Å². The van der Waals surface area contributed by atoms with Crippen molar-refractivity contribution in [2.75, 3.05) is 45.3 Å². The van der Waals surface area contributed by atoms with E-state index in [0.29, 0.717) is 31.6 Å². The molecular weight excluding hydrogens is 288 g/mol. The van der Waals surface area contributed by atoms with Gasteiger partial charge in [0.05, 0.1) is 31.4 Å². The van der Waals surface area contributed by atoms with E-state index in [0.717, 1.165) is 0 Å². The fourth-order valence-electron chi connectivity index (χ4n) is 2.35. The average molecular weight is 312 g/mol. The second-order valence-electron chi connectivity index (χ2n) is 6.29. The first kappa shape index (κ1) is 16.7. The van der Waals surface area contributed by atoms with Gasteiger partial charge in [-0.1, -0.05) is 5.10 Å². The Labute approximate surface area is 130 Å². The molecule has 0 aliphatic carbocycles. The van der Waals surface area contributed by atoms with Crippen LogP contribution in [0.25, 0.3) is 0 Å². The lowest BCUT2D eigenvalue weighted by Crippen LogP contribution is -2.54. The minimum absolute atomic E-state index is 0.0486. The molecule has 1 aromatic rings. The smallest absolute Gasteiger partial charge is 0.318 e. The summed E-state index contributed by atoms with van der Waals surface area (Å²) in [5.74, 6) is 0.461. The Morgan fingerprint density at radius 1 is 1.45 bits per heavy atom. The lowest BCUT2D eigenvalue weighted by atomic mass is 10.1. The Morgan fingerprint density at radius 2 is 2.18 bits per heavy atom. The number of aromatic nitrogens is 2. The van der Waals surface area contributed by atoms with Gasteiger partial charge in [0.15, 0.2) is 0 Å². The van der Waals surface area contributed by atoms with Crippen LogP contribution in [0.4, 0.5) is 6.01 Å². The summed E-state index contributed by atoms with van der Waals surface area (Å²) in [6, 6.07) is 0.489. The maximum absolute atomic E-state index is 11.5. The standard InChI is InChI=1S/C14H24N4O4/c1-10-15-16-13(21-10)18-6-11(22-14(2,3)9-18)7-20-8-12(19)17(4)5/h11H,6-9H2,1-5H3. The Hall–Kier alpha value is -1.67. The first-order valence-electron chi connectivity index (χ1n) is 7.27. The maximum Gasteiger partial charge on any atom is 0.318 e. The fraction of sp³-hybridized carbons (Fsp3) is 0.786. The third kappa shape index (κ3) is 4.41. The summed E-state index contributed by atoms with van der Waals surface area (Å²) in [4.78, 5) is 15.0. The zero-order valence-corrected chi connectivity index (χ0v) is 13.8. The first-order valence-corrected chi connectivity index (χ1v) is 7.27. The van der Waals surface area contributed by atoms with Crippen LogP contribution >= 0.6 is 0 Å². The molecule has 1 unspecified atom stereocenters. The molecule has 0 N–H and O–H groups in total. The highest BCUT2D eigenvalue weighted by molar-refractivity contribution is 5.76. The summed E-state index contributed by atoms with van der Waals surface area (Å²) >= 11 is 0. The van der Waals surface area contributed by atoms with E-state index in [-0.39, 0.29) is 24.2 Å². The van der Waals surface area contributed by atoms with E-state index in [2.05, 4.69) is 10.2 Å². The van der Waals surface area contributed by atoms with Crippen molar-refractivity contribution in [2.45, 2.75) is 32.5 Å². The van der Waals surface area contributed by atoms with Gasteiger partial charge in [-0.05, 0) is 13.8 Å². The summed E-state index contributed by atoms with van der Waals surface area (Å²) in [7, 11) is 3.40. The van der Waals surface area contributed by atoms with Crippen molar-refractivity contribution in [1.29, 1.82) is 0 Å². The quantitative estimate of drug-likeness (QED) is 0.781. The molecule has 1 amide bonds. The molecule has 0 radical (unpaired) electrons. The Kier molecular flexibility index (Phi) is 5.02. The molecule has 124 valence electrons. The zero-order chi connectivity index (χ0) is 16.3. The van der Waals surface area contributed by atoms with Gasteiger partial charge >= 0.3 is 6.01 Å². The fourth-order valence-corrected chi connectivity index (χ4v) is 2.35. The van der Waals surface area contributed by atoms with E-state index < -0.39 is 0 Å². The van der Waals surface area contributed by atoms with Crippen LogP contribution in [0.3, 0.4) is 0 Å². The van der Waals surface area contributed by atoms with Gasteiger partial charge in [-0.3, -0.25) is 4.79 Å². The van der Waals surface area contributed by atoms with Crippen molar-refractivity contribution in [2.24, 2.45) is 0 Å². The molecule has 0 bridgehead atoms. The molecular formula is C14H24N4O4. The van der Waals surface area contributed by atoms with Gasteiger partial charge in [-0.15, -0.1) is 5.10 Å². The van der Waals surface area contributed by atoms with Crippen LogP contribution in [0.2, 0.25) is 0 Å². The highest BCUT2D eigenvalue weighted by Gasteiger charge is 2.35. The van der Waals surface area contributed by atoms with Gasteiger partial charge in [-0.25, -0.2) is 0 Å². The molecule has 1 aromatic heterocycles. The van der Waals surface area contributed by atoms with Crippen LogP contribution < -0.4 is 4.90 Å². The molecule has 0 saturated carbocycles. The molecule has 1 aliphatic heterocycles. The van der Waals surface area contributed by atoms with Crippen LogP contribution in [0.5, 0.6) is 0 Å². The van der Waals surface area contributed by atoms with Crippen LogP contribution in [-0.2, 0) is 14.3 Å². The third-order valence-electron chi connectivity index (χ3n) is 3.30. The SMILES string of the molecule is Cc1nnc(N2CC(COCC(=O)N(C)C)OC(C)(C)C2)o1. The van der Waals surface area contributed by atoms with Crippen molar-refractivity contribution < 1.29 is 18.7 Å². The van der Waals surface area contributed by atoms with Crippen LogP contribution in [0.15, 0.2) is 4.42 Å². The molecule has 1 saturated heterocycles. The molecule has 8 heteroatoms. The lowest BCUT2D eigenvalue weighted by molar-refractivity contribution is -0.139. The van der Waals surface area contributed by atoms with Gasteiger partial charge in [-0.2, -0.15) is 0 Å². The van der Waals surface area contributed by atoms with E-state index in [1.165, 1.54) is 4.90 Å². The number of hydrogen-bond acceptors (Lipinski definition) is 7. The Morgan fingerprint density at radius 3 is 2.77 bits per heavy atom. The molecule has 1 fully saturated rings. The number of aryl methyl sites for hydroxylation is 1. The lowest BCUT2D eigenvalue weighted by Gasteiger charge is -2.41. The third-order valence-corrected chi connectivity index (χ3v) is 3.30. The van der Waals surface area contributed by atoms with E-state index in [1.54, 1.807) is 21.0 Å². The summed E-state index contributed by atoms with van der Waals surface area (Å²) in [5, 5.41) is 7.91. The highest BCUT2D eigenvalue weighted by atomic mass is 16.6. The average Bonchev–Trinajstić information content (AvgIpc) is 2.83. The van der Waals surface area contributed by atoms with Crippen molar-refractivity contribution in [3.8, 4) is 0 Å². The summed E-state index contributed by atoms with van der Waals surface area (Å²) < 4.78 is 16.9. The zero-order valence-electron chi connectivity index (χ0n) is 13.8. The molecule has 2 rings (SSSR count). The Balaban J connectivity index is 1.92. The van der Waals surface area contributed by atoms with Crippen LogP contribution in [0.1, 0.15) is 19.7 Å². The number of morpholine rings is 1. The maximum atomic E-state index is 11.5. The predicted octanol–water partition coefficient (Wildman–Crippen LogP) is 0.467. The molecule has 8 nitrogen and oxygen atoms in total. The van der Waals surface area contributed by atoms with Gasteiger partial charge in [0, 0.05) is 21.0 Å². The van der Waals surface area contributed by atoms with E-state index in [1.807, 2.05) is 18.7 Å². The molecule has 22 heavy (non-hydrogen) atoms. The largest absolute Gasteiger partial charge is 0.408 e. The Bertz CT molecular complexity index is 515. The van der Waals surface area contributed by atoms with Crippen molar-refractivity contribution in [3.63, 3.8) is 0 Å². The van der Waals surface area contributed by atoms with E-state index in [9.17, 15) is 4.79 Å². The molecule has 0 spiro atoms. The van der Waals surface area contributed by atoms with Gasteiger partial charge < -0.3 is 23.7 Å². The second-order valence-corrected chi connectivity index (χ2v) is 6.29. The number of carbonyl (C=O) groups excluding carboxylic acids is 1. The number of rotatable bonds is 5. The molecule has 1 atom stereocenters. The number of carbonyl (C=O) groups is 1. The molecule has 0 aromatic carbocycles. The monoisotopic (exact) mass is 312 g/mol. The van der Waals surface area contributed by atoms with Crippen LogP contribution in [0, 0.1) is 6.92 Å². The van der Waals surface area contributed by atoms with Gasteiger partial charge in [0.25, 0.3) is 0 Å². The first-order chi connectivity index (χ1) is 10.3. The molecule has 2 heterocycles. The second kappa shape index (κ2) is 6.62. The number of amides is 1. The van der Waals surface area contributed by atoms with E-state index >= 15 is 0 Å². The number of nitrogens with zero attached hydrogens (tertiary/aromatic N) is 4. The minimum atomic E-state index is -0.361. The summed E-state index contributed by atoms with van der Waals surface area (Å²) in [6.45, 7) is 7.39. The number of hydrogen-bond donors (Lipinski definition) is 0. The number of ether oxygens (including phenoxy) is 2. The van der Waals surface area contributed by atoms with Gasteiger partial charge in [0.1, 0.15) is 6.61 Å².